The van der Waals surface area contributed by atoms with Crippen molar-refractivity contribution in [2.45, 2.75) is 40.0 Å². The molecule has 98 valence electrons. The van der Waals surface area contributed by atoms with Gasteiger partial charge in [0.15, 0.2) is 0 Å². The van der Waals surface area contributed by atoms with Crippen LogP contribution in [0.3, 0.4) is 0 Å². The Labute approximate surface area is 114 Å². The van der Waals surface area contributed by atoms with Crippen LogP contribution >= 0.6 is 11.6 Å². The first-order valence-corrected chi connectivity index (χ1v) is 6.55. The van der Waals surface area contributed by atoms with Crippen molar-refractivity contribution in [2.75, 3.05) is 18.0 Å². The Morgan fingerprint density at radius 3 is 2.56 bits per heavy atom. The molecule has 5 heteroatoms. The molecule has 0 atom stereocenters. The fourth-order valence-corrected chi connectivity index (χ4v) is 1.83. The van der Waals surface area contributed by atoms with E-state index in [9.17, 15) is 0 Å². The molecular weight excluding hydrogens is 248 g/mol. The minimum absolute atomic E-state index is 0.233. The van der Waals surface area contributed by atoms with Crippen LogP contribution in [-0.2, 0) is 0 Å². The number of nitrogens with zero attached hydrogens (tertiary/aromatic N) is 4. The Hall–Kier alpha value is -1.34. The van der Waals surface area contributed by atoms with Crippen LogP contribution in [0.1, 0.15) is 44.5 Å². The first kappa shape index (κ1) is 14.7. The molecule has 0 aliphatic heterocycles. The molecule has 0 aliphatic rings. The van der Waals surface area contributed by atoms with E-state index in [1.165, 1.54) is 0 Å². The molecule has 1 rings (SSSR count). The molecular formula is C13H19ClN4. The Morgan fingerprint density at radius 1 is 1.39 bits per heavy atom. The van der Waals surface area contributed by atoms with E-state index in [1.807, 2.05) is 27.7 Å². The standard InChI is InChI=1S/C13H19ClN4/c1-5-18(8-6-7-15)13-10(4)11(14)16-12(17-13)9(2)3/h9H,5-6,8H2,1-4H3. The minimum atomic E-state index is 0.233. The number of hydrogen-bond donors (Lipinski definition) is 0. The van der Waals surface area contributed by atoms with Gasteiger partial charge in [0.25, 0.3) is 0 Å². The van der Waals surface area contributed by atoms with Gasteiger partial charge in [-0.15, -0.1) is 0 Å². The molecule has 0 N–H and O–H groups in total. The van der Waals surface area contributed by atoms with Gasteiger partial charge in [-0.05, 0) is 13.8 Å². The second-order valence-electron chi connectivity index (χ2n) is 4.46. The van der Waals surface area contributed by atoms with Gasteiger partial charge < -0.3 is 4.90 Å². The van der Waals surface area contributed by atoms with Crippen molar-refractivity contribution in [3.63, 3.8) is 0 Å². The van der Waals surface area contributed by atoms with E-state index < -0.39 is 0 Å². The van der Waals surface area contributed by atoms with E-state index in [4.69, 9.17) is 16.9 Å². The summed E-state index contributed by atoms with van der Waals surface area (Å²) in [5, 5.41) is 9.19. The molecule has 1 aromatic rings. The second-order valence-corrected chi connectivity index (χ2v) is 4.82. The molecule has 0 bridgehead atoms. The molecule has 0 aromatic carbocycles. The number of aromatic nitrogens is 2. The maximum absolute atomic E-state index is 8.69. The van der Waals surface area contributed by atoms with Crippen molar-refractivity contribution in [2.24, 2.45) is 0 Å². The summed E-state index contributed by atoms with van der Waals surface area (Å²) in [6, 6.07) is 2.16. The van der Waals surface area contributed by atoms with E-state index in [1.54, 1.807) is 0 Å². The average Bonchev–Trinajstić information content (AvgIpc) is 2.34. The lowest BCUT2D eigenvalue weighted by Crippen LogP contribution is -2.26. The highest BCUT2D eigenvalue weighted by Gasteiger charge is 2.16. The lowest BCUT2D eigenvalue weighted by Gasteiger charge is -2.23. The van der Waals surface area contributed by atoms with Gasteiger partial charge in [0.2, 0.25) is 0 Å². The van der Waals surface area contributed by atoms with Crippen LogP contribution in [-0.4, -0.2) is 23.1 Å². The summed E-state index contributed by atoms with van der Waals surface area (Å²) in [5.41, 5.74) is 0.876. The molecule has 18 heavy (non-hydrogen) atoms. The number of anilines is 1. The SMILES string of the molecule is CCN(CCC#N)c1nc(C(C)C)nc(Cl)c1C. The monoisotopic (exact) mass is 266 g/mol. The number of rotatable bonds is 5. The summed E-state index contributed by atoms with van der Waals surface area (Å²) in [6.45, 7) is 9.50. The van der Waals surface area contributed by atoms with Gasteiger partial charge in [-0.1, -0.05) is 25.4 Å². The van der Waals surface area contributed by atoms with Crippen LogP contribution in [0.15, 0.2) is 0 Å². The Kier molecular flexibility index (Phi) is 5.36. The quantitative estimate of drug-likeness (QED) is 0.768. The van der Waals surface area contributed by atoms with Crippen LogP contribution in [0.2, 0.25) is 5.15 Å². The lowest BCUT2D eigenvalue weighted by molar-refractivity contribution is 0.744. The van der Waals surface area contributed by atoms with Gasteiger partial charge in [-0.3, -0.25) is 0 Å². The minimum Gasteiger partial charge on any atom is -0.355 e. The average molecular weight is 267 g/mol. The predicted octanol–water partition coefficient (Wildman–Crippen LogP) is 3.30. The van der Waals surface area contributed by atoms with E-state index in [0.29, 0.717) is 18.1 Å². The fraction of sp³-hybridized carbons (Fsp3) is 0.615. The lowest BCUT2D eigenvalue weighted by atomic mass is 10.2. The van der Waals surface area contributed by atoms with Crippen molar-refractivity contribution in [3.8, 4) is 6.07 Å². The summed E-state index contributed by atoms with van der Waals surface area (Å²) >= 11 is 6.16. The third-order valence-electron chi connectivity index (χ3n) is 2.77. The number of hydrogen-bond acceptors (Lipinski definition) is 4. The van der Waals surface area contributed by atoms with Gasteiger partial charge >= 0.3 is 0 Å². The molecule has 1 aromatic heterocycles. The highest BCUT2D eigenvalue weighted by molar-refractivity contribution is 6.30. The van der Waals surface area contributed by atoms with Crippen molar-refractivity contribution in [1.29, 1.82) is 5.26 Å². The molecule has 4 nitrogen and oxygen atoms in total. The molecule has 1 heterocycles. The maximum Gasteiger partial charge on any atom is 0.137 e. The van der Waals surface area contributed by atoms with Crippen LogP contribution in [0.4, 0.5) is 5.82 Å². The first-order chi connectivity index (χ1) is 8.51. The predicted molar refractivity (Wildman–Crippen MR) is 74.0 cm³/mol. The molecule has 0 saturated heterocycles. The zero-order valence-corrected chi connectivity index (χ0v) is 12.1. The molecule has 0 amide bonds. The van der Waals surface area contributed by atoms with E-state index >= 15 is 0 Å². The first-order valence-electron chi connectivity index (χ1n) is 6.17. The summed E-state index contributed by atoms with van der Waals surface area (Å²) < 4.78 is 0. The highest BCUT2D eigenvalue weighted by atomic mass is 35.5. The second kappa shape index (κ2) is 6.55. The van der Waals surface area contributed by atoms with Crippen LogP contribution in [0.25, 0.3) is 0 Å². The third kappa shape index (κ3) is 3.33. The molecule has 0 saturated carbocycles. The normalized spacial score (nSPS) is 10.5. The third-order valence-corrected chi connectivity index (χ3v) is 3.14. The van der Waals surface area contributed by atoms with Crippen LogP contribution in [0, 0.1) is 18.3 Å². The zero-order chi connectivity index (χ0) is 13.7. The van der Waals surface area contributed by atoms with Gasteiger partial charge in [0.1, 0.15) is 16.8 Å². The topological polar surface area (TPSA) is 52.8 Å². The largest absolute Gasteiger partial charge is 0.355 e. The number of nitriles is 1. The highest BCUT2D eigenvalue weighted by Crippen LogP contribution is 2.25. The van der Waals surface area contributed by atoms with Gasteiger partial charge in [-0.25, -0.2) is 9.97 Å². The Morgan fingerprint density at radius 2 is 2.06 bits per heavy atom. The Bertz CT molecular complexity index is 451. The summed E-state index contributed by atoms with van der Waals surface area (Å²) in [7, 11) is 0. The summed E-state index contributed by atoms with van der Waals surface area (Å²) in [4.78, 5) is 10.9. The van der Waals surface area contributed by atoms with Crippen LogP contribution < -0.4 is 4.90 Å². The van der Waals surface area contributed by atoms with Crippen molar-refractivity contribution in [1.82, 2.24) is 9.97 Å². The smallest absolute Gasteiger partial charge is 0.137 e. The summed E-state index contributed by atoms with van der Waals surface area (Å²) in [5.74, 6) is 1.82. The van der Waals surface area contributed by atoms with Crippen molar-refractivity contribution >= 4 is 17.4 Å². The Balaban J connectivity index is 3.16. The molecule has 0 spiro atoms. The van der Waals surface area contributed by atoms with Crippen LogP contribution in [0.5, 0.6) is 0 Å². The van der Waals surface area contributed by atoms with E-state index in [-0.39, 0.29) is 5.92 Å². The van der Waals surface area contributed by atoms with E-state index in [0.717, 1.165) is 23.8 Å². The van der Waals surface area contributed by atoms with Gasteiger partial charge in [0.05, 0.1) is 12.5 Å². The number of halogens is 1. The zero-order valence-electron chi connectivity index (χ0n) is 11.4. The van der Waals surface area contributed by atoms with E-state index in [2.05, 4.69) is 20.9 Å². The molecule has 0 aliphatic carbocycles. The summed E-state index contributed by atoms with van der Waals surface area (Å²) in [6.07, 6.45) is 0.478. The fourth-order valence-electron chi connectivity index (χ4n) is 1.66. The van der Waals surface area contributed by atoms with Crippen molar-refractivity contribution < 1.29 is 0 Å². The molecule has 0 unspecified atom stereocenters. The molecule has 0 radical (unpaired) electrons. The van der Waals surface area contributed by atoms with Crippen molar-refractivity contribution in [3.05, 3.63) is 16.5 Å². The maximum atomic E-state index is 8.69. The van der Waals surface area contributed by atoms with Gasteiger partial charge in [-0.2, -0.15) is 5.26 Å². The van der Waals surface area contributed by atoms with Gasteiger partial charge in [0, 0.05) is 24.6 Å². The molecule has 0 fully saturated rings.